The summed E-state index contributed by atoms with van der Waals surface area (Å²) in [7, 11) is 0. The van der Waals surface area contributed by atoms with Gasteiger partial charge in [0.25, 0.3) is 0 Å². The molecule has 1 rings (SSSR count). The molecular weight excluding hydrogens is 144 g/mol. The fourth-order valence-corrected chi connectivity index (χ4v) is 1.52. The van der Waals surface area contributed by atoms with Gasteiger partial charge < -0.3 is 5.73 Å². The molecule has 2 nitrogen and oxygen atoms in total. The maximum atomic E-state index is 5.41. The molecule has 0 unspecified atom stereocenters. The van der Waals surface area contributed by atoms with Gasteiger partial charge in [-0.15, -0.1) is 11.3 Å². The van der Waals surface area contributed by atoms with Crippen molar-refractivity contribution in [1.82, 2.24) is 4.98 Å². The molecule has 0 aliphatic rings. The summed E-state index contributed by atoms with van der Waals surface area (Å²) in [5.41, 5.74) is 6.60. The first-order chi connectivity index (χ1) is 4.86. The lowest BCUT2D eigenvalue weighted by atomic mass is 10.3. The topological polar surface area (TPSA) is 38.9 Å². The molecule has 0 atom stereocenters. The van der Waals surface area contributed by atoms with Gasteiger partial charge in [0.05, 0.1) is 5.69 Å². The SMILES string of the molecule is CCCc1csc(CN)n1. The lowest BCUT2D eigenvalue weighted by molar-refractivity contribution is 0.877. The largest absolute Gasteiger partial charge is 0.325 e. The Balaban J connectivity index is 2.59. The smallest absolute Gasteiger partial charge is 0.106 e. The van der Waals surface area contributed by atoms with E-state index in [0.29, 0.717) is 6.54 Å². The van der Waals surface area contributed by atoms with E-state index in [4.69, 9.17) is 5.73 Å². The van der Waals surface area contributed by atoms with Crippen molar-refractivity contribution in [2.24, 2.45) is 5.73 Å². The number of nitrogens with zero attached hydrogens (tertiary/aromatic N) is 1. The van der Waals surface area contributed by atoms with Crippen molar-refractivity contribution >= 4 is 11.3 Å². The quantitative estimate of drug-likeness (QED) is 0.721. The Morgan fingerprint density at radius 2 is 2.50 bits per heavy atom. The Labute approximate surface area is 65.1 Å². The van der Waals surface area contributed by atoms with E-state index < -0.39 is 0 Å². The first-order valence-corrected chi connectivity index (χ1v) is 4.38. The van der Waals surface area contributed by atoms with Crippen molar-refractivity contribution in [1.29, 1.82) is 0 Å². The Hall–Kier alpha value is -0.410. The minimum Gasteiger partial charge on any atom is -0.325 e. The molecule has 3 heteroatoms. The van der Waals surface area contributed by atoms with E-state index >= 15 is 0 Å². The van der Waals surface area contributed by atoms with Crippen LogP contribution in [0.15, 0.2) is 5.38 Å². The van der Waals surface area contributed by atoms with Gasteiger partial charge in [0.2, 0.25) is 0 Å². The molecule has 1 aromatic rings. The summed E-state index contributed by atoms with van der Waals surface area (Å²) in [4.78, 5) is 4.31. The molecule has 1 heterocycles. The van der Waals surface area contributed by atoms with E-state index in [-0.39, 0.29) is 0 Å². The van der Waals surface area contributed by atoms with Crippen molar-refractivity contribution in [3.8, 4) is 0 Å². The average molecular weight is 156 g/mol. The van der Waals surface area contributed by atoms with Crippen molar-refractivity contribution in [3.63, 3.8) is 0 Å². The summed E-state index contributed by atoms with van der Waals surface area (Å²) in [5, 5.41) is 3.13. The van der Waals surface area contributed by atoms with Gasteiger partial charge in [-0.05, 0) is 6.42 Å². The molecule has 0 amide bonds. The predicted molar refractivity (Wildman–Crippen MR) is 44.0 cm³/mol. The van der Waals surface area contributed by atoms with Crippen LogP contribution >= 0.6 is 11.3 Å². The highest BCUT2D eigenvalue weighted by molar-refractivity contribution is 7.09. The van der Waals surface area contributed by atoms with E-state index in [1.54, 1.807) is 11.3 Å². The Kier molecular flexibility index (Phi) is 2.83. The molecule has 0 fully saturated rings. The van der Waals surface area contributed by atoms with Crippen LogP contribution in [-0.2, 0) is 13.0 Å². The minimum absolute atomic E-state index is 0.578. The molecule has 2 N–H and O–H groups in total. The van der Waals surface area contributed by atoms with Crippen LogP contribution in [0.3, 0.4) is 0 Å². The van der Waals surface area contributed by atoms with E-state index in [2.05, 4.69) is 17.3 Å². The maximum Gasteiger partial charge on any atom is 0.106 e. The number of rotatable bonds is 3. The van der Waals surface area contributed by atoms with Crippen LogP contribution in [0.5, 0.6) is 0 Å². The Bertz CT molecular complexity index is 195. The molecule has 0 saturated heterocycles. The van der Waals surface area contributed by atoms with E-state index in [1.807, 2.05) is 0 Å². The molecule has 0 radical (unpaired) electrons. The number of hydrogen-bond acceptors (Lipinski definition) is 3. The highest BCUT2D eigenvalue weighted by atomic mass is 32.1. The highest BCUT2D eigenvalue weighted by Gasteiger charge is 1.97. The molecule has 10 heavy (non-hydrogen) atoms. The zero-order valence-electron chi connectivity index (χ0n) is 6.13. The van der Waals surface area contributed by atoms with Crippen LogP contribution in [0.4, 0.5) is 0 Å². The second-order valence-corrected chi connectivity index (χ2v) is 3.13. The van der Waals surface area contributed by atoms with Crippen LogP contribution in [0.2, 0.25) is 0 Å². The van der Waals surface area contributed by atoms with Gasteiger partial charge >= 0.3 is 0 Å². The summed E-state index contributed by atoms with van der Waals surface area (Å²) in [5.74, 6) is 0. The van der Waals surface area contributed by atoms with Crippen LogP contribution in [0.25, 0.3) is 0 Å². The third-order valence-electron chi connectivity index (χ3n) is 1.28. The van der Waals surface area contributed by atoms with Gasteiger partial charge in [0.1, 0.15) is 5.01 Å². The van der Waals surface area contributed by atoms with Crippen LogP contribution in [0, 0.1) is 0 Å². The first-order valence-electron chi connectivity index (χ1n) is 3.50. The number of thiazole rings is 1. The van der Waals surface area contributed by atoms with Gasteiger partial charge in [-0.3, -0.25) is 0 Å². The summed E-state index contributed by atoms with van der Waals surface area (Å²) in [6, 6.07) is 0. The summed E-state index contributed by atoms with van der Waals surface area (Å²) in [6.07, 6.45) is 2.24. The molecule has 0 spiro atoms. The second-order valence-electron chi connectivity index (χ2n) is 2.19. The van der Waals surface area contributed by atoms with Crippen molar-refractivity contribution in [2.75, 3.05) is 0 Å². The van der Waals surface area contributed by atoms with Gasteiger partial charge in [0, 0.05) is 11.9 Å². The van der Waals surface area contributed by atoms with Crippen molar-refractivity contribution in [3.05, 3.63) is 16.1 Å². The molecule has 0 bridgehead atoms. The minimum atomic E-state index is 0.578. The molecule has 1 aromatic heterocycles. The zero-order valence-corrected chi connectivity index (χ0v) is 6.95. The second kappa shape index (κ2) is 3.68. The van der Waals surface area contributed by atoms with Crippen LogP contribution < -0.4 is 5.73 Å². The van der Waals surface area contributed by atoms with Gasteiger partial charge in [-0.2, -0.15) is 0 Å². The fraction of sp³-hybridized carbons (Fsp3) is 0.571. The summed E-state index contributed by atoms with van der Waals surface area (Å²) >= 11 is 1.65. The molecular formula is C7H12N2S. The van der Waals surface area contributed by atoms with E-state index in [9.17, 15) is 0 Å². The maximum absolute atomic E-state index is 5.41. The Morgan fingerprint density at radius 1 is 1.70 bits per heavy atom. The van der Waals surface area contributed by atoms with Gasteiger partial charge in [-0.1, -0.05) is 13.3 Å². The van der Waals surface area contributed by atoms with Gasteiger partial charge in [0.15, 0.2) is 0 Å². The van der Waals surface area contributed by atoms with Crippen LogP contribution in [-0.4, -0.2) is 4.98 Å². The summed E-state index contributed by atoms with van der Waals surface area (Å²) in [6.45, 7) is 2.73. The lowest BCUT2D eigenvalue weighted by Gasteiger charge is -1.87. The number of nitrogens with two attached hydrogens (primary N) is 1. The first kappa shape index (κ1) is 7.69. The highest BCUT2D eigenvalue weighted by Crippen LogP contribution is 2.09. The number of aromatic nitrogens is 1. The molecule has 0 aliphatic heterocycles. The monoisotopic (exact) mass is 156 g/mol. The van der Waals surface area contributed by atoms with Gasteiger partial charge in [-0.25, -0.2) is 4.98 Å². The zero-order chi connectivity index (χ0) is 7.40. The van der Waals surface area contributed by atoms with Crippen molar-refractivity contribution in [2.45, 2.75) is 26.3 Å². The summed E-state index contributed by atoms with van der Waals surface area (Å²) < 4.78 is 0. The molecule has 0 aromatic carbocycles. The van der Waals surface area contributed by atoms with Crippen LogP contribution in [0.1, 0.15) is 24.0 Å². The fourth-order valence-electron chi connectivity index (χ4n) is 0.814. The average Bonchev–Trinajstić information content (AvgIpc) is 2.37. The molecule has 56 valence electrons. The van der Waals surface area contributed by atoms with Crippen molar-refractivity contribution < 1.29 is 0 Å². The molecule has 0 aliphatic carbocycles. The lowest BCUT2D eigenvalue weighted by Crippen LogP contribution is -1.95. The molecule has 0 saturated carbocycles. The number of aryl methyl sites for hydroxylation is 1. The number of hydrogen-bond donors (Lipinski definition) is 1. The Morgan fingerprint density at radius 3 is 3.00 bits per heavy atom. The third kappa shape index (κ3) is 1.78. The third-order valence-corrected chi connectivity index (χ3v) is 2.20. The van der Waals surface area contributed by atoms with E-state index in [0.717, 1.165) is 17.8 Å². The standard InChI is InChI=1S/C7H12N2S/c1-2-3-6-5-10-7(4-8)9-6/h5H,2-4,8H2,1H3. The predicted octanol–water partition coefficient (Wildman–Crippen LogP) is 1.55. The normalized spacial score (nSPS) is 10.2. The van der Waals surface area contributed by atoms with E-state index in [1.165, 1.54) is 5.69 Å².